The fourth-order valence-electron chi connectivity index (χ4n) is 2.44. The highest BCUT2D eigenvalue weighted by molar-refractivity contribution is 9.10. The maximum Gasteiger partial charge on any atom is 0.128 e. The fraction of sp³-hybridized carbons (Fsp3) is 0.571. The van der Waals surface area contributed by atoms with Gasteiger partial charge < -0.3 is 9.84 Å². The van der Waals surface area contributed by atoms with Gasteiger partial charge in [0.2, 0.25) is 0 Å². The van der Waals surface area contributed by atoms with Gasteiger partial charge in [-0.1, -0.05) is 22.4 Å². The number of aliphatic hydroxyl groups is 1. The van der Waals surface area contributed by atoms with Gasteiger partial charge in [-0.25, -0.2) is 0 Å². The lowest BCUT2D eigenvalue weighted by molar-refractivity contribution is 0.149. The summed E-state index contributed by atoms with van der Waals surface area (Å²) in [5.41, 5.74) is 1.97. The van der Waals surface area contributed by atoms with Crippen molar-refractivity contribution in [2.45, 2.75) is 51.7 Å². The maximum atomic E-state index is 9.40. The Morgan fingerprint density at radius 2 is 2.00 bits per heavy atom. The molecule has 3 heteroatoms. The number of hydrogen-bond acceptors (Lipinski definition) is 2. The number of rotatable bonds is 3. The highest BCUT2D eigenvalue weighted by Gasteiger charge is 2.17. The zero-order chi connectivity index (χ0) is 12.3. The minimum atomic E-state index is 0.0301. The van der Waals surface area contributed by atoms with E-state index < -0.39 is 0 Å². The molecule has 0 bridgehead atoms. The monoisotopic (exact) mass is 298 g/mol. The molecule has 2 rings (SSSR count). The molecule has 0 unspecified atom stereocenters. The lowest BCUT2D eigenvalue weighted by Gasteiger charge is -2.25. The van der Waals surface area contributed by atoms with Crippen LogP contribution in [-0.4, -0.2) is 11.2 Å². The molecule has 1 aliphatic rings. The SMILES string of the molecule is Cc1cc(Br)cc(CO)c1OC1CCCCC1. The van der Waals surface area contributed by atoms with Gasteiger partial charge in [-0.2, -0.15) is 0 Å². The highest BCUT2D eigenvalue weighted by atomic mass is 79.9. The first-order valence-corrected chi connectivity index (χ1v) is 7.06. The van der Waals surface area contributed by atoms with Crippen LogP contribution in [0, 0.1) is 6.92 Å². The first-order chi connectivity index (χ1) is 8.20. The van der Waals surface area contributed by atoms with Gasteiger partial charge in [-0.3, -0.25) is 0 Å². The topological polar surface area (TPSA) is 29.5 Å². The van der Waals surface area contributed by atoms with E-state index in [4.69, 9.17) is 4.74 Å². The fourth-order valence-corrected chi connectivity index (χ4v) is 3.05. The summed E-state index contributed by atoms with van der Waals surface area (Å²) in [6.45, 7) is 2.06. The molecule has 0 spiro atoms. The van der Waals surface area contributed by atoms with Crippen molar-refractivity contribution in [3.63, 3.8) is 0 Å². The molecule has 0 aromatic heterocycles. The number of halogens is 1. The van der Waals surface area contributed by atoms with Gasteiger partial charge in [-0.05, 0) is 50.3 Å². The molecule has 1 aromatic carbocycles. The summed E-state index contributed by atoms with van der Waals surface area (Å²) >= 11 is 3.45. The van der Waals surface area contributed by atoms with Crippen molar-refractivity contribution in [3.8, 4) is 5.75 Å². The standard InChI is InChI=1S/C14H19BrO2/c1-10-7-12(15)8-11(9-16)14(10)17-13-5-3-2-4-6-13/h7-8,13,16H,2-6,9H2,1H3. The van der Waals surface area contributed by atoms with E-state index in [9.17, 15) is 5.11 Å². The smallest absolute Gasteiger partial charge is 0.128 e. The first kappa shape index (κ1) is 12.9. The van der Waals surface area contributed by atoms with E-state index in [1.165, 1.54) is 19.3 Å². The van der Waals surface area contributed by atoms with Crippen molar-refractivity contribution in [2.75, 3.05) is 0 Å². The molecule has 1 fully saturated rings. The Morgan fingerprint density at radius 3 is 2.65 bits per heavy atom. The second-order valence-electron chi connectivity index (χ2n) is 4.75. The summed E-state index contributed by atoms with van der Waals surface area (Å²) in [4.78, 5) is 0. The zero-order valence-electron chi connectivity index (χ0n) is 10.2. The molecule has 0 heterocycles. The Labute approximate surface area is 111 Å². The van der Waals surface area contributed by atoms with Crippen LogP contribution in [-0.2, 0) is 6.61 Å². The van der Waals surface area contributed by atoms with Crippen LogP contribution in [0.1, 0.15) is 43.2 Å². The lowest BCUT2D eigenvalue weighted by atomic mass is 9.97. The van der Waals surface area contributed by atoms with Gasteiger partial charge in [0.05, 0.1) is 12.7 Å². The minimum Gasteiger partial charge on any atom is -0.490 e. The van der Waals surface area contributed by atoms with Crippen LogP contribution in [0.25, 0.3) is 0 Å². The van der Waals surface area contributed by atoms with Crippen molar-refractivity contribution < 1.29 is 9.84 Å². The van der Waals surface area contributed by atoms with Gasteiger partial charge in [-0.15, -0.1) is 0 Å². The minimum absolute atomic E-state index is 0.0301. The van der Waals surface area contributed by atoms with Gasteiger partial charge in [0.15, 0.2) is 0 Å². The van der Waals surface area contributed by atoms with Crippen LogP contribution in [0.15, 0.2) is 16.6 Å². The van der Waals surface area contributed by atoms with E-state index in [2.05, 4.69) is 15.9 Å². The van der Waals surface area contributed by atoms with Crippen molar-refractivity contribution in [1.29, 1.82) is 0 Å². The predicted molar refractivity (Wildman–Crippen MR) is 72.3 cm³/mol. The third-order valence-corrected chi connectivity index (χ3v) is 3.78. The largest absolute Gasteiger partial charge is 0.490 e. The molecule has 0 radical (unpaired) electrons. The third kappa shape index (κ3) is 3.23. The highest BCUT2D eigenvalue weighted by Crippen LogP contribution is 2.31. The molecule has 2 nitrogen and oxygen atoms in total. The number of hydrogen-bond donors (Lipinski definition) is 1. The molecular weight excluding hydrogens is 280 g/mol. The van der Waals surface area contributed by atoms with Crippen LogP contribution in [0.5, 0.6) is 5.75 Å². The molecule has 1 saturated carbocycles. The molecule has 1 N–H and O–H groups in total. The van der Waals surface area contributed by atoms with Gasteiger partial charge in [0.25, 0.3) is 0 Å². The number of aliphatic hydroxyl groups excluding tert-OH is 1. The average molecular weight is 299 g/mol. The molecule has 94 valence electrons. The van der Waals surface area contributed by atoms with Crippen molar-refractivity contribution in [3.05, 3.63) is 27.7 Å². The van der Waals surface area contributed by atoms with Gasteiger partial charge >= 0.3 is 0 Å². The van der Waals surface area contributed by atoms with E-state index in [0.29, 0.717) is 6.10 Å². The van der Waals surface area contributed by atoms with Gasteiger partial charge in [0, 0.05) is 10.0 Å². The summed E-state index contributed by atoms with van der Waals surface area (Å²) in [6.07, 6.45) is 6.45. The first-order valence-electron chi connectivity index (χ1n) is 6.27. The molecule has 0 aliphatic heterocycles. The lowest BCUT2D eigenvalue weighted by Crippen LogP contribution is -2.20. The van der Waals surface area contributed by atoms with Crippen LogP contribution < -0.4 is 4.74 Å². The molecule has 0 atom stereocenters. The quantitative estimate of drug-likeness (QED) is 0.915. The summed E-state index contributed by atoms with van der Waals surface area (Å²) in [6, 6.07) is 3.97. The summed E-state index contributed by atoms with van der Waals surface area (Å²) < 4.78 is 7.08. The van der Waals surface area contributed by atoms with Crippen molar-refractivity contribution in [2.24, 2.45) is 0 Å². The van der Waals surface area contributed by atoms with Crippen LogP contribution >= 0.6 is 15.9 Å². The third-order valence-electron chi connectivity index (χ3n) is 3.32. The summed E-state index contributed by atoms with van der Waals surface area (Å²) in [5.74, 6) is 0.877. The second-order valence-corrected chi connectivity index (χ2v) is 5.66. The Bertz CT molecular complexity index is 384. The number of ether oxygens (including phenoxy) is 1. The van der Waals surface area contributed by atoms with E-state index in [-0.39, 0.29) is 6.61 Å². The molecule has 0 amide bonds. The molecule has 1 aromatic rings. The number of benzene rings is 1. The van der Waals surface area contributed by atoms with Crippen molar-refractivity contribution >= 4 is 15.9 Å². The van der Waals surface area contributed by atoms with Crippen LogP contribution in [0.2, 0.25) is 0 Å². The Balaban J connectivity index is 2.18. The summed E-state index contributed by atoms with van der Waals surface area (Å²) in [7, 11) is 0. The van der Waals surface area contributed by atoms with E-state index in [1.54, 1.807) is 0 Å². The van der Waals surface area contributed by atoms with Crippen molar-refractivity contribution in [1.82, 2.24) is 0 Å². The van der Waals surface area contributed by atoms with E-state index >= 15 is 0 Å². The Kier molecular flexibility index (Phi) is 4.46. The van der Waals surface area contributed by atoms with E-state index in [0.717, 1.165) is 34.2 Å². The molecule has 0 saturated heterocycles. The average Bonchev–Trinajstić information content (AvgIpc) is 2.33. The Morgan fingerprint density at radius 1 is 1.29 bits per heavy atom. The second kappa shape index (κ2) is 5.87. The normalized spacial score (nSPS) is 17.1. The van der Waals surface area contributed by atoms with Gasteiger partial charge in [0.1, 0.15) is 5.75 Å². The maximum absolute atomic E-state index is 9.40. The van der Waals surface area contributed by atoms with E-state index in [1.807, 2.05) is 19.1 Å². The molecule has 17 heavy (non-hydrogen) atoms. The number of aryl methyl sites for hydroxylation is 1. The summed E-state index contributed by atoms with van der Waals surface area (Å²) in [5, 5.41) is 9.40. The molecule has 1 aliphatic carbocycles. The van der Waals surface area contributed by atoms with Crippen LogP contribution in [0.3, 0.4) is 0 Å². The zero-order valence-corrected chi connectivity index (χ0v) is 11.8. The van der Waals surface area contributed by atoms with Crippen LogP contribution in [0.4, 0.5) is 0 Å². The molecular formula is C14H19BrO2. The Hall–Kier alpha value is -0.540. The predicted octanol–water partition coefficient (Wildman–Crippen LogP) is 3.96.